The minimum atomic E-state index is -0.662. The number of nitrogens with two attached hydrogens (primary N) is 4. The van der Waals surface area contributed by atoms with Gasteiger partial charge in [0.1, 0.15) is 70.4 Å². The number of aromatic amines is 1. The molecule has 0 amide bonds. The van der Waals surface area contributed by atoms with Gasteiger partial charge in [0.05, 0.1) is 31.2 Å². The molecule has 0 spiro atoms. The fourth-order valence-electron chi connectivity index (χ4n) is 6.10. The summed E-state index contributed by atoms with van der Waals surface area (Å²) in [5.41, 5.74) is 26.4. The Morgan fingerprint density at radius 3 is 1.41 bits per heavy atom. The summed E-state index contributed by atoms with van der Waals surface area (Å²) in [5, 5.41) is 20.7. The van der Waals surface area contributed by atoms with Crippen molar-refractivity contribution >= 4 is 63.6 Å². The van der Waals surface area contributed by atoms with Crippen LogP contribution in [0, 0.1) is 20.2 Å². The third-order valence-corrected chi connectivity index (χ3v) is 10.1. The first-order chi connectivity index (χ1) is 35.8. The number of nitrogen functional groups attached to an aromatic ring is 4. The SMILES string of the molecule is C.C.C.C.C.COc1ccnc(N)c1N.COc1ccnc(N)c1[N+](=O)[O-].COc1ccnc2nc(-c3ccc(OCc4ccccc4)cc3)[nH]c12.Nc1nccc(Cl)c1[N+](=O)[O-].O=Cc1ccc(OCc2ccccc2)cc1. The van der Waals surface area contributed by atoms with Crippen LogP contribution in [0.5, 0.6) is 28.7 Å². The molecule has 22 nitrogen and oxygen atoms in total. The van der Waals surface area contributed by atoms with Crippen molar-refractivity contribution in [3.05, 3.63) is 200 Å². The molecule has 0 atom stereocenters. The Bertz CT molecular complexity index is 3210. The van der Waals surface area contributed by atoms with Crippen LogP contribution in [0.25, 0.3) is 22.6 Å². The summed E-state index contributed by atoms with van der Waals surface area (Å²) in [5.74, 6) is 3.75. The molecule has 0 aliphatic heterocycles. The Morgan fingerprint density at radius 2 is 0.975 bits per heavy atom. The number of fused-ring (bicyclic) bond motifs is 1. The number of nitrogens with zero attached hydrogens (tertiary/aromatic N) is 7. The van der Waals surface area contributed by atoms with Gasteiger partial charge in [-0.05, 0) is 65.7 Å². The molecule has 0 radical (unpaired) electrons. The topological polar surface area (TPSA) is 334 Å². The zero-order chi connectivity index (χ0) is 53.4. The molecular weight excluding hydrogens is 1040 g/mol. The molecule has 5 heterocycles. The second kappa shape index (κ2) is 35.2. The maximum Gasteiger partial charge on any atom is 0.352 e. The van der Waals surface area contributed by atoms with E-state index in [0.29, 0.717) is 41.7 Å². The lowest BCUT2D eigenvalue weighted by Gasteiger charge is -2.06. The average molecular weight is 1110 g/mol. The summed E-state index contributed by atoms with van der Waals surface area (Å²) in [4.78, 5) is 52.7. The standard InChI is InChI=1S/C20H17N3O2.C14H12O2.C6H7N3O3.C6H9N3O.C5H4ClN3O2.5CH4/c1-24-17-11-12-21-20-18(17)22-19(23-20)15-7-9-16(10-8-15)25-13-14-5-3-2-4-6-14;15-10-12-6-8-14(9-7-12)16-11-13-4-2-1-3-5-13;1-12-4-2-3-8-6(7)5(4)9(10)11;1-10-4-2-3-9-6(8)5(4)7;6-3-1-2-8-5(7)4(3)9(10)11;;;;;/h2-12H,13H2,1H3,(H,21,22,23);1-10H,11H2;2-3H,1H3,(H2,7,8);2-3H,7H2,1H3,(H2,8,9);1-2H,(H2,7,8);5*1H4. The zero-order valence-corrected chi connectivity index (χ0v) is 40.7. The predicted octanol–water partition coefficient (Wildman–Crippen LogP) is 12.5. The van der Waals surface area contributed by atoms with Crippen molar-refractivity contribution in [2.45, 2.75) is 50.3 Å². The number of hydrogen-bond acceptors (Lipinski definition) is 19. The molecule has 0 saturated heterocycles. The molecule has 0 bridgehead atoms. The molecule has 5 aromatic heterocycles. The maximum absolute atomic E-state index is 10.5. The van der Waals surface area contributed by atoms with Crippen LogP contribution >= 0.6 is 11.6 Å². The van der Waals surface area contributed by atoms with E-state index in [-0.39, 0.29) is 70.9 Å². The Kier molecular flexibility index (Phi) is 30.7. The highest BCUT2D eigenvalue weighted by Crippen LogP contribution is 2.31. The van der Waals surface area contributed by atoms with E-state index in [1.807, 2.05) is 91.0 Å². The van der Waals surface area contributed by atoms with Gasteiger partial charge in [-0.2, -0.15) is 0 Å². The van der Waals surface area contributed by atoms with Gasteiger partial charge < -0.3 is 51.6 Å². The lowest BCUT2D eigenvalue weighted by atomic mass is 10.2. The maximum atomic E-state index is 10.5. The van der Waals surface area contributed by atoms with Crippen molar-refractivity contribution in [1.29, 1.82) is 0 Å². The number of rotatable bonds is 13. The van der Waals surface area contributed by atoms with Crippen LogP contribution < -0.4 is 46.6 Å². The Balaban J connectivity index is 0.000000994. The summed E-state index contributed by atoms with van der Waals surface area (Å²) in [7, 11) is 4.50. The first-order valence-electron chi connectivity index (χ1n) is 21.7. The van der Waals surface area contributed by atoms with Crippen LogP contribution in [-0.4, -0.2) is 67.4 Å². The van der Waals surface area contributed by atoms with Crippen molar-refractivity contribution in [2.24, 2.45) is 0 Å². The van der Waals surface area contributed by atoms with Gasteiger partial charge in [-0.15, -0.1) is 0 Å². The molecule has 9 N–H and O–H groups in total. The summed E-state index contributed by atoms with van der Waals surface area (Å²) < 4.78 is 26.3. The number of halogens is 1. The van der Waals surface area contributed by atoms with E-state index in [2.05, 4.69) is 29.9 Å². The van der Waals surface area contributed by atoms with Gasteiger partial charge in [0.2, 0.25) is 17.4 Å². The van der Waals surface area contributed by atoms with Crippen molar-refractivity contribution in [3.63, 3.8) is 0 Å². The minimum absolute atomic E-state index is 0. The lowest BCUT2D eigenvalue weighted by Crippen LogP contribution is -2.00. The molecule has 0 aliphatic carbocycles. The number of methoxy groups -OCH3 is 3. The number of anilines is 4. The van der Waals surface area contributed by atoms with E-state index in [4.69, 9.17) is 58.2 Å². The van der Waals surface area contributed by atoms with Crippen LogP contribution in [0.4, 0.5) is 34.5 Å². The van der Waals surface area contributed by atoms with Gasteiger partial charge in [-0.1, -0.05) is 109 Å². The lowest BCUT2D eigenvalue weighted by molar-refractivity contribution is -0.385. The van der Waals surface area contributed by atoms with Crippen molar-refractivity contribution in [1.82, 2.24) is 29.9 Å². The van der Waals surface area contributed by atoms with E-state index in [1.54, 1.807) is 49.8 Å². The monoisotopic (exact) mass is 1100 g/mol. The zero-order valence-electron chi connectivity index (χ0n) is 39.9. The number of pyridine rings is 4. The number of H-pyrrole nitrogens is 1. The van der Waals surface area contributed by atoms with Crippen LogP contribution in [0.3, 0.4) is 0 Å². The predicted molar refractivity (Wildman–Crippen MR) is 315 cm³/mol. The molecule has 0 saturated carbocycles. The molecule has 4 aromatic carbocycles. The minimum Gasteiger partial charge on any atom is -0.494 e. The first-order valence-corrected chi connectivity index (χ1v) is 22.0. The van der Waals surface area contributed by atoms with Crippen LogP contribution in [0.2, 0.25) is 5.02 Å². The van der Waals surface area contributed by atoms with Crippen molar-refractivity contribution in [2.75, 3.05) is 44.3 Å². The molecule has 23 heteroatoms. The Hall–Kier alpha value is -10.1. The highest BCUT2D eigenvalue weighted by molar-refractivity contribution is 6.33. The summed E-state index contributed by atoms with van der Waals surface area (Å²) >= 11 is 5.46. The van der Waals surface area contributed by atoms with Crippen LogP contribution in [0.15, 0.2) is 158 Å². The molecule has 0 fully saturated rings. The molecule has 9 rings (SSSR count). The van der Waals surface area contributed by atoms with Gasteiger partial charge in [0.15, 0.2) is 5.65 Å². The van der Waals surface area contributed by atoms with E-state index in [1.165, 1.54) is 38.7 Å². The molecular formula is C56H69ClN12O10. The van der Waals surface area contributed by atoms with Crippen LogP contribution in [0.1, 0.15) is 58.6 Å². The first kappa shape index (κ1) is 68.9. The number of hydrogen-bond donors (Lipinski definition) is 5. The molecule has 9 aromatic rings. The normalized spacial score (nSPS) is 9.32. The summed E-state index contributed by atoms with van der Waals surface area (Å²) in [6.07, 6.45) is 6.71. The summed E-state index contributed by atoms with van der Waals surface area (Å²) in [6, 6.07) is 41.1. The number of ether oxygens (including phenoxy) is 5. The fourth-order valence-corrected chi connectivity index (χ4v) is 6.33. The molecule has 0 unspecified atom stereocenters. The van der Waals surface area contributed by atoms with Gasteiger partial charge >= 0.3 is 11.4 Å². The average Bonchev–Trinajstić information content (AvgIpc) is 3.89. The van der Waals surface area contributed by atoms with E-state index in [9.17, 15) is 25.0 Å². The highest BCUT2D eigenvalue weighted by atomic mass is 35.5. The molecule has 420 valence electrons. The van der Waals surface area contributed by atoms with E-state index in [0.717, 1.165) is 51.6 Å². The number of nitrogens with one attached hydrogen (secondary N) is 1. The van der Waals surface area contributed by atoms with Gasteiger partial charge in [-0.25, -0.2) is 24.9 Å². The van der Waals surface area contributed by atoms with Gasteiger partial charge in [0.25, 0.3) is 0 Å². The van der Waals surface area contributed by atoms with Crippen molar-refractivity contribution in [3.8, 4) is 40.1 Å². The quantitative estimate of drug-likeness (QED) is 0.0407. The number of aldehydes is 1. The van der Waals surface area contributed by atoms with E-state index < -0.39 is 9.85 Å². The second-order valence-corrected chi connectivity index (χ2v) is 15.1. The number of carbonyl (C=O) groups is 1. The third-order valence-electron chi connectivity index (χ3n) is 9.82. The fraction of sp³-hybridized carbons (Fsp3) is 0.179. The molecule has 79 heavy (non-hydrogen) atoms. The largest absolute Gasteiger partial charge is 0.494 e. The highest BCUT2D eigenvalue weighted by Gasteiger charge is 2.19. The van der Waals surface area contributed by atoms with Crippen LogP contribution in [-0.2, 0) is 13.2 Å². The number of nitro groups is 2. The molecule has 0 aliphatic rings. The number of aromatic nitrogens is 6. The smallest absolute Gasteiger partial charge is 0.352 e. The van der Waals surface area contributed by atoms with E-state index >= 15 is 0 Å². The van der Waals surface area contributed by atoms with Gasteiger partial charge in [-0.3, -0.25) is 25.0 Å². The van der Waals surface area contributed by atoms with Crippen molar-refractivity contribution < 1.29 is 38.3 Å². The second-order valence-electron chi connectivity index (χ2n) is 14.7. The summed E-state index contributed by atoms with van der Waals surface area (Å²) in [6.45, 7) is 1.09. The number of imidazole rings is 1. The number of benzene rings is 4. The number of carbonyl (C=O) groups excluding carboxylic acids is 1. The Labute approximate surface area is 465 Å². The van der Waals surface area contributed by atoms with Gasteiger partial charge in [0, 0.05) is 54.1 Å². The third kappa shape index (κ3) is 20.5. The Morgan fingerprint density at radius 1 is 0.544 bits per heavy atom.